The zero-order chi connectivity index (χ0) is 18.3. The summed E-state index contributed by atoms with van der Waals surface area (Å²) in [6.45, 7) is 2.51. The number of carbonyl (C=O) groups excluding carboxylic acids is 1. The van der Waals surface area contributed by atoms with Crippen LogP contribution in [-0.2, 0) is 16.4 Å². The summed E-state index contributed by atoms with van der Waals surface area (Å²) in [7, 11) is -1.89. The number of amides is 1. The third-order valence-electron chi connectivity index (χ3n) is 3.62. The van der Waals surface area contributed by atoms with Crippen molar-refractivity contribution in [1.82, 2.24) is 10.0 Å². The fraction of sp³-hybridized carbons (Fsp3) is 0.278. The summed E-state index contributed by atoms with van der Waals surface area (Å²) < 4.78 is 31.2. The van der Waals surface area contributed by atoms with Crippen molar-refractivity contribution in [3.8, 4) is 5.75 Å². The average molecular weight is 362 g/mol. The van der Waals surface area contributed by atoms with Gasteiger partial charge in [-0.25, -0.2) is 13.1 Å². The molecule has 0 spiro atoms. The van der Waals surface area contributed by atoms with Crippen LogP contribution in [0.15, 0.2) is 53.4 Å². The highest BCUT2D eigenvalue weighted by Gasteiger charge is 2.13. The van der Waals surface area contributed by atoms with E-state index in [0.29, 0.717) is 25.1 Å². The lowest BCUT2D eigenvalue weighted by Crippen LogP contribution is -2.26. The van der Waals surface area contributed by atoms with Gasteiger partial charge in [-0.05, 0) is 48.4 Å². The predicted octanol–water partition coefficient (Wildman–Crippen LogP) is 1.97. The lowest BCUT2D eigenvalue weighted by Gasteiger charge is -2.08. The van der Waals surface area contributed by atoms with Crippen LogP contribution in [0, 0.1) is 0 Å². The minimum Gasteiger partial charge on any atom is -0.497 e. The molecular weight excluding hydrogens is 340 g/mol. The lowest BCUT2D eigenvalue weighted by atomic mass is 10.1. The molecule has 2 aromatic rings. The van der Waals surface area contributed by atoms with E-state index in [-0.39, 0.29) is 10.8 Å². The van der Waals surface area contributed by atoms with Gasteiger partial charge in [-0.1, -0.05) is 19.1 Å². The van der Waals surface area contributed by atoms with E-state index in [1.807, 2.05) is 24.3 Å². The summed E-state index contributed by atoms with van der Waals surface area (Å²) in [5.74, 6) is 0.557. The van der Waals surface area contributed by atoms with Crippen molar-refractivity contribution in [2.24, 2.45) is 0 Å². The minimum absolute atomic E-state index is 0.143. The molecule has 6 nitrogen and oxygen atoms in total. The Balaban J connectivity index is 1.90. The smallest absolute Gasteiger partial charge is 0.251 e. The van der Waals surface area contributed by atoms with Gasteiger partial charge in [0.15, 0.2) is 0 Å². The van der Waals surface area contributed by atoms with Gasteiger partial charge in [0.2, 0.25) is 10.0 Å². The molecule has 7 heteroatoms. The number of hydrogen-bond acceptors (Lipinski definition) is 4. The first kappa shape index (κ1) is 19.0. The Kier molecular flexibility index (Phi) is 6.55. The molecule has 2 N–H and O–H groups in total. The van der Waals surface area contributed by atoms with Gasteiger partial charge in [0.1, 0.15) is 5.75 Å². The molecule has 0 bridgehead atoms. The molecule has 0 aromatic heterocycles. The highest BCUT2D eigenvalue weighted by molar-refractivity contribution is 7.89. The molecule has 2 rings (SSSR count). The van der Waals surface area contributed by atoms with E-state index in [4.69, 9.17) is 4.74 Å². The Labute approximate surface area is 148 Å². The molecular formula is C18H22N2O4S. The van der Waals surface area contributed by atoms with Crippen LogP contribution in [-0.4, -0.2) is 34.5 Å². The van der Waals surface area contributed by atoms with E-state index in [1.165, 1.54) is 24.3 Å². The molecule has 25 heavy (non-hydrogen) atoms. The Hall–Kier alpha value is -2.38. The number of carbonyl (C=O) groups is 1. The van der Waals surface area contributed by atoms with Gasteiger partial charge in [0.05, 0.1) is 12.0 Å². The normalized spacial score (nSPS) is 11.1. The SMILES string of the molecule is CCNS(=O)(=O)c1ccc(C(=O)NCCc2ccc(OC)cc2)cc1. The Morgan fingerprint density at radius 3 is 2.24 bits per heavy atom. The van der Waals surface area contributed by atoms with Crippen molar-refractivity contribution in [2.75, 3.05) is 20.2 Å². The van der Waals surface area contributed by atoms with Crippen LogP contribution in [0.2, 0.25) is 0 Å². The average Bonchev–Trinajstić information content (AvgIpc) is 2.62. The Morgan fingerprint density at radius 2 is 1.68 bits per heavy atom. The van der Waals surface area contributed by atoms with Gasteiger partial charge in [0.25, 0.3) is 5.91 Å². The van der Waals surface area contributed by atoms with Crippen molar-refractivity contribution in [3.63, 3.8) is 0 Å². The fourth-order valence-electron chi connectivity index (χ4n) is 2.27. The monoisotopic (exact) mass is 362 g/mol. The van der Waals surface area contributed by atoms with Gasteiger partial charge < -0.3 is 10.1 Å². The van der Waals surface area contributed by atoms with Crippen LogP contribution in [0.4, 0.5) is 0 Å². The molecule has 0 saturated carbocycles. The molecule has 0 heterocycles. The van der Waals surface area contributed by atoms with Gasteiger partial charge >= 0.3 is 0 Å². The van der Waals surface area contributed by atoms with Crippen molar-refractivity contribution in [2.45, 2.75) is 18.2 Å². The van der Waals surface area contributed by atoms with Crippen LogP contribution in [0.5, 0.6) is 5.75 Å². The van der Waals surface area contributed by atoms with Crippen molar-refractivity contribution in [3.05, 3.63) is 59.7 Å². The Bertz CT molecular complexity index is 800. The standard InChI is InChI=1S/C18H22N2O4S/c1-3-20-25(22,23)17-10-6-15(7-11-17)18(21)19-13-12-14-4-8-16(24-2)9-5-14/h4-11,20H,3,12-13H2,1-2H3,(H,19,21). The second-order valence-electron chi connectivity index (χ2n) is 5.38. The number of sulfonamides is 1. The molecule has 2 aromatic carbocycles. The number of benzene rings is 2. The van der Waals surface area contributed by atoms with Gasteiger partial charge in [-0.15, -0.1) is 0 Å². The van der Waals surface area contributed by atoms with E-state index >= 15 is 0 Å². The van der Waals surface area contributed by atoms with Crippen molar-refractivity contribution in [1.29, 1.82) is 0 Å². The minimum atomic E-state index is -3.50. The van der Waals surface area contributed by atoms with Crippen LogP contribution >= 0.6 is 0 Å². The Morgan fingerprint density at radius 1 is 1.04 bits per heavy atom. The van der Waals surface area contributed by atoms with Gasteiger partial charge in [-0.3, -0.25) is 4.79 Å². The first-order valence-corrected chi connectivity index (χ1v) is 9.45. The quantitative estimate of drug-likeness (QED) is 0.752. The maximum atomic E-state index is 12.1. The lowest BCUT2D eigenvalue weighted by molar-refractivity contribution is 0.0954. The largest absolute Gasteiger partial charge is 0.497 e. The highest BCUT2D eigenvalue weighted by Crippen LogP contribution is 2.12. The molecule has 0 aliphatic rings. The number of rotatable bonds is 8. The van der Waals surface area contributed by atoms with E-state index in [2.05, 4.69) is 10.0 Å². The number of nitrogens with one attached hydrogen (secondary N) is 2. The predicted molar refractivity (Wildman–Crippen MR) is 96.3 cm³/mol. The van der Waals surface area contributed by atoms with Crippen LogP contribution < -0.4 is 14.8 Å². The number of hydrogen-bond donors (Lipinski definition) is 2. The topological polar surface area (TPSA) is 84.5 Å². The maximum absolute atomic E-state index is 12.1. The summed E-state index contributed by atoms with van der Waals surface area (Å²) in [4.78, 5) is 12.3. The molecule has 0 radical (unpaired) electrons. The molecule has 0 aliphatic heterocycles. The number of ether oxygens (including phenoxy) is 1. The molecule has 0 atom stereocenters. The number of methoxy groups -OCH3 is 1. The second-order valence-corrected chi connectivity index (χ2v) is 7.15. The van der Waals surface area contributed by atoms with Crippen LogP contribution in [0.3, 0.4) is 0 Å². The molecule has 134 valence electrons. The molecule has 1 amide bonds. The summed E-state index contributed by atoms with van der Waals surface area (Å²) in [6, 6.07) is 13.5. The van der Waals surface area contributed by atoms with Gasteiger partial charge in [0, 0.05) is 18.7 Å². The fourth-order valence-corrected chi connectivity index (χ4v) is 3.31. The van der Waals surface area contributed by atoms with Crippen molar-refractivity contribution >= 4 is 15.9 Å². The van der Waals surface area contributed by atoms with E-state index in [1.54, 1.807) is 14.0 Å². The highest BCUT2D eigenvalue weighted by atomic mass is 32.2. The van der Waals surface area contributed by atoms with E-state index < -0.39 is 10.0 Å². The second kappa shape index (κ2) is 8.64. The molecule has 0 aliphatic carbocycles. The summed E-state index contributed by atoms with van der Waals surface area (Å²) in [5.41, 5.74) is 1.51. The van der Waals surface area contributed by atoms with Gasteiger partial charge in [-0.2, -0.15) is 0 Å². The molecule has 0 unspecified atom stereocenters. The zero-order valence-corrected chi connectivity index (χ0v) is 15.1. The van der Waals surface area contributed by atoms with Crippen molar-refractivity contribution < 1.29 is 17.9 Å². The summed E-state index contributed by atoms with van der Waals surface area (Å²) >= 11 is 0. The summed E-state index contributed by atoms with van der Waals surface area (Å²) in [6.07, 6.45) is 0.697. The first-order chi connectivity index (χ1) is 12.0. The molecule has 0 fully saturated rings. The maximum Gasteiger partial charge on any atom is 0.251 e. The molecule has 0 saturated heterocycles. The van der Waals surface area contributed by atoms with Crippen LogP contribution in [0.25, 0.3) is 0 Å². The zero-order valence-electron chi connectivity index (χ0n) is 14.3. The third kappa shape index (κ3) is 5.30. The first-order valence-electron chi connectivity index (χ1n) is 7.97. The van der Waals surface area contributed by atoms with Crippen LogP contribution in [0.1, 0.15) is 22.8 Å². The van der Waals surface area contributed by atoms with E-state index in [0.717, 1.165) is 11.3 Å². The third-order valence-corrected chi connectivity index (χ3v) is 5.18. The summed E-state index contributed by atoms with van der Waals surface area (Å²) in [5, 5.41) is 2.82. The van der Waals surface area contributed by atoms with E-state index in [9.17, 15) is 13.2 Å².